The fraction of sp³-hybridized carbons (Fsp3) is 0.833. The van der Waals surface area contributed by atoms with Crippen molar-refractivity contribution < 1.29 is 9.59 Å². The minimum atomic E-state index is -0.365. The van der Waals surface area contributed by atoms with Gasteiger partial charge in [0.25, 0.3) is 0 Å². The number of nitrogens with one attached hydrogen (secondary N) is 1. The molecule has 5 nitrogen and oxygen atoms in total. The number of primary amides is 1. The van der Waals surface area contributed by atoms with E-state index in [1.54, 1.807) is 0 Å². The summed E-state index contributed by atoms with van der Waals surface area (Å²) in [5.74, 6) is -0.395. The Bertz CT molecular complexity index is 300. The SMILES string of the molecule is NC(=O)C[C@H]1CCCN(C2CCNCC2)C1=O. The highest BCUT2D eigenvalue weighted by molar-refractivity contribution is 5.85. The summed E-state index contributed by atoms with van der Waals surface area (Å²) < 4.78 is 0. The fourth-order valence-corrected chi connectivity index (χ4v) is 2.89. The molecule has 0 unspecified atom stereocenters. The Kier molecular flexibility index (Phi) is 3.99. The molecule has 2 heterocycles. The summed E-state index contributed by atoms with van der Waals surface area (Å²) in [6.07, 6.45) is 4.06. The van der Waals surface area contributed by atoms with Crippen molar-refractivity contribution in [2.75, 3.05) is 19.6 Å². The van der Waals surface area contributed by atoms with Crippen LogP contribution in [0.4, 0.5) is 0 Å². The van der Waals surface area contributed by atoms with Crippen molar-refractivity contribution in [1.82, 2.24) is 10.2 Å². The predicted molar refractivity (Wildman–Crippen MR) is 64.1 cm³/mol. The second kappa shape index (κ2) is 5.49. The molecule has 0 bridgehead atoms. The topological polar surface area (TPSA) is 75.4 Å². The largest absolute Gasteiger partial charge is 0.370 e. The highest BCUT2D eigenvalue weighted by atomic mass is 16.2. The number of rotatable bonds is 3. The number of hydrogen-bond acceptors (Lipinski definition) is 3. The van der Waals surface area contributed by atoms with Gasteiger partial charge in [-0.3, -0.25) is 9.59 Å². The maximum Gasteiger partial charge on any atom is 0.226 e. The van der Waals surface area contributed by atoms with Gasteiger partial charge in [0, 0.05) is 24.9 Å². The molecule has 2 aliphatic heterocycles. The summed E-state index contributed by atoms with van der Waals surface area (Å²) in [5, 5.41) is 3.30. The number of carbonyl (C=O) groups excluding carboxylic acids is 2. The molecule has 0 radical (unpaired) electrons. The quantitative estimate of drug-likeness (QED) is 0.719. The van der Waals surface area contributed by atoms with Gasteiger partial charge in [-0.05, 0) is 38.8 Å². The monoisotopic (exact) mass is 239 g/mol. The Balaban J connectivity index is 1.97. The number of likely N-dealkylation sites (tertiary alicyclic amines) is 1. The summed E-state index contributed by atoms with van der Waals surface area (Å²) in [4.78, 5) is 25.2. The summed E-state index contributed by atoms with van der Waals surface area (Å²) >= 11 is 0. The first-order valence-electron chi connectivity index (χ1n) is 6.48. The molecular formula is C12H21N3O2. The van der Waals surface area contributed by atoms with Crippen LogP contribution in [0.3, 0.4) is 0 Å². The van der Waals surface area contributed by atoms with Crippen LogP contribution in [0.25, 0.3) is 0 Å². The van der Waals surface area contributed by atoms with Crippen LogP contribution in [0.2, 0.25) is 0 Å². The summed E-state index contributed by atoms with van der Waals surface area (Å²) in [6, 6.07) is 0.361. The van der Waals surface area contributed by atoms with Crippen molar-refractivity contribution in [3.8, 4) is 0 Å². The molecule has 2 fully saturated rings. The number of nitrogens with two attached hydrogens (primary N) is 1. The van der Waals surface area contributed by atoms with E-state index in [2.05, 4.69) is 5.32 Å². The fourth-order valence-electron chi connectivity index (χ4n) is 2.89. The van der Waals surface area contributed by atoms with E-state index in [0.29, 0.717) is 6.04 Å². The zero-order valence-corrected chi connectivity index (χ0v) is 10.2. The second-order valence-corrected chi connectivity index (χ2v) is 5.02. The van der Waals surface area contributed by atoms with Crippen molar-refractivity contribution in [2.24, 2.45) is 11.7 Å². The number of carbonyl (C=O) groups is 2. The molecule has 2 aliphatic rings. The Morgan fingerprint density at radius 3 is 2.71 bits per heavy atom. The van der Waals surface area contributed by atoms with Crippen LogP contribution in [0.1, 0.15) is 32.1 Å². The van der Waals surface area contributed by atoms with Crippen LogP contribution in [0, 0.1) is 5.92 Å². The minimum Gasteiger partial charge on any atom is -0.370 e. The lowest BCUT2D eigenvalue weighted by molar-refractivity contribution is -0.143. The van der Waals surface area contributed by atoms with Crippen LogP contribution in [0.15, 0.2) is 0 Å². The van der Waals surface area contributed by atoms with Gasteiger partial charge < -0.3 is 16.0 Å². The van der Waals surface area contributed by atoms with Gasteiger partial charge in [-0.1, -0.05) is 0 Å². The van der Waals surface area contributed by atoms with Crippen molar-refractivity contribution in [3.63, 3.8) is 0 Å². The van der Waals surface area contributed by atoms with E-state index in [9.17, 15) is 9.59 Å². The van der Waals surface area contributed by atoms with Gasteiger partial charge in [-0.2, -0.15) is 0 Å². The summed E-state index contributed by atoms with van der Waals surface area (Å²) in [7, 11) is 0. The molecule has 3 N–H and O–H groups in total. The molecule has 0 aromatic rings. The van der Waals surface area contributed by atoms with E-state index in [-0.39, 0.29) is 24.2 Å². The average Bonchev–Trinajstić information content (AvgIpc) is 2.32. The van der Waals surface area contributed by atoms with Crippen molar-refractivity contribution >= 4 is 11.8 Å². The van der Waals surface area contributed by atoms with E-state index in [0.717, 1.165) is 45.3 Å². The molecule has 0 aromatic heterocycles. The van der Waals surface area contributed by atoms with Gasteiger partial charge in [0.05, 0.1) is 0 Å². The molecule has 0 aliphatic carbocycles. The first-order chi connectivity index (χ1) is 8.18. The molecule has 0 aromatic carbocycles. The molecule has 0 spiro atoms. The van der Waals surface area contributed by atoms with E-state index >= 15 is 0 Å². The maximum absolute atomic E-state index is 12.3. The zero-order chi connectivity index (χ0) is 12.3. The van der Waals surface area contributed by atoms with Crippen molar-refractivity contribution in [1.29, 1.82) is 0 Å². The molecule has 2 amide bonds. The average molecular weight is 239 g/mol. The third-order valence-corrected chi connectivity index (χ3v) is 3.78. The maximum atomic E-state index is 12.3. The predicted octanol–water partition coefficient (Wildman–Crippen LogP) is -0.148. The first kappa shape index (κ1) is 12.4. The lowest BCUT2D eigenvalue weighted by Crippen LogP contribution is -2.51. The van der Waals surface area contributed by atoms with Gasteiger partial charge >= 0.3 is 0 Å². The molecule has 17 heavy (non-hydrogen) atoms. The number of piperidine rings is 2. The Labute approximate surface area is 102 Å². The van der Waals surface area contributed by atoms with Gasteiger partial charge in [0.2, 0.25) is 11.8 Å². The van der Waals surface area contributed by atoms with Crippen LogP contribution in [-0.4, -0.2) is 42.4 Å². The molecule has 1 atom stereocenters. The van der Waals surface area contributed by atoms with Crippen LogP contribution >= 0.6 is 0 Å². The molecule has 2 rings (SSSR count). The highest BCUT2D eigenvalue weighted by Crippen LogP contribution is 2.25. The van der Waals surface area contributed by atoms with E-state index in [1.165, 1.54) is 0 Å². The normalized spacial score (nSPS) is 27.2. The molecule has 96 valence electrons. The smallest absolute Gasteiger partial charge is 0.226 e. The van der Waals surface area contributed by atoms with Crippen LogP contribution in [0.5, 0.6) is 0 Å². The van der Waals surface area contributed by atoms with Crippen molar-refractivity contribution in [2.45, 2.75) is 38.1 Å². The Morgan fingerprint density at radius 1 is 1.35 bits per heavy atom. The van der Waals surface area contributed by atoms with E-state index in [1.807, 2.05) is 4.90 Å². The van der Waals surface area contributed by atoms with Crippen LogP contribution < -0.4 is 11.1 Å². The molecular weight excluding hydrogens is 218 g/mol. The van der Waals surface area contributed by atoms with Gasteiger partial charge in [0.15, 0.2) is 0 Å². The van der Waals surface area contributed by atoms with Crippen molar-refractivity contribution in [3.05, 3.63) is 0 Å². The summed E-state index contributed by atoms with van der Waals surface area (Å²) in [5.41, 5.74) is 5.19. The van der Waals surface area contributed by atoms with Gasteiger partial charge in [-0.15, -0.1) is 0 Å². The number of hydrogen-bond donors (Lipinski definition) is 2. The van der Waals surface area contributed by atoms with Crippen LogP contribution in [-0.2, 0) is 9.59 Å². The third-order valence-electron chi connectivity index (χ3n) is 3.78. The van der Waals surface area contributed by atoms with Gasteiger partial charge in [0.1, 0.15) is 0 Å². The number of amides is 2. The lowest BCUT2D eigenvalue weighted by Gasteiger charge is -2.39. The molecule has 2 saturated heterocycles. The Morgan fingerprint density at radius 2 is 2.06 bits per heavy atom. The van der Waals surface area contributed by atoms with E-state index in [4.69, 9.17) is 5.73 Å². The molecule has 0 saturated carbocycles. The number of nitrogens with zero attached hydrogens (tertiary/aromatic N) is 1. The summed E-state index contributed by atoms with van der Waals surface area (Å²) in [6.45, 7) is 2.81. The zero-order valence-electron chi connectivity index (χ0n) is 10.2. The second-order valence-electron chi connectivity index (χ2n) is 5.02. The highest BCUT2D eigenvalue weighted by Gasteiger charge is 2.34. The first-order valence-corrected chi connectivity index (χ1v) is 6.48. The van der Waals surface area contributed by atoms with Gasteiger partial charge in [-0.25, -0.2) is 0 Å². The standard InChI is InChI=1S/C12H21N3O2/c13-11(16)8-9-2-1-7-15(12(9)17)10-3-5-14-6-4-10/h9-10,14H,1-8H2,(H2,13,16)/t9-/m1/s1. The van der Waals surface area contributed by atoms with E-state index < -0.39 is 0 Å². The third kappa shape index (κ3) is 2.97. The lowest BCUT2D eigenvalue weighted by atomic mass is 9.91. The molecule has 5 heteroatoms. The minimum absolute atomic E-state index is 0.141. The Hall–Kier alpha value is -1.10.